The standard InChI is InChI=1S/C21H23N3O4S2/c1-15-3-9-18(10-4-15)30(26,27)14-19-23-21(28-24-19)12-11-20(25)22-13-16-5-7-17(29-2)8-6-16/h3-10H,11-14H2,1-2H3,(H,22,25). The Kier molecular flexibility index (Phi) is 7.28. The van der Waals surface area contributed by atoms with Gasteiger partial charge < -0.3 is 9.84 Å². The monoisotopic (exact) mass is 445 g/mol. The quantitative estimate of drug-likeness (QED) is 0.504. The van der Waals surface area contributed by atoms with Gasteiger partial charge in [0.1, 0.15) is 5.75 Å². The molecule has 0 aliphatic rings. The summed E-state index contributed by atoms with van der Waals surface area (Å²) in [7, 11) is -3.56. The predicted molar refractivity (Wildman–Crippen MR) is 115 cm³/mol. The fourth-order valence-electron chi connectivity index (χ4n) is 2.70. The molecule has 0 spiro atoms. The van der Waals surface area contributed by atoms with Crippen LogP contribution in [0, 0.1) is 6.92 Å². The Balaban J connectivity index is 1.48. The zero-order valence-electron chi connectivity index (χ0n) is 16.8. The minimum atomic E-state index is -3.56. The minimum Gasteiger partial charge on any atom is -0.352 e. The number of nitrogens with one attached hydrogen (secondary N) is 1. The Morgan fingerprint density at radius 2 is 1.80 bits per heavy atom. The number of nitrogens with zero attached hydrogens (tertiary/aromatic N) is 2. The molecule has 0 aliphatic heterocycles. The van der Waals surface area contributed by atoms with E-state index in [1.165, 1.54) is 4.90 Å². The van der Waals surface area contributed by atoms with Gasteiger partial charge in [0.25, 0.3) is 0 Å². The first-order valence-electron chi connectivity index (χ1n) is 9.36. The molecule has 0 fully saturated rings. The van der Waals surface area contributed by atoms with Crippen LogP contribution in [0.3, 0.4) is 0 Å². The number of aromatic nitrogens is 2. The van der Waals surface area contributed by atoms with E-state index in [-0.39, 0.29) is 41.1 Å². The molecule has 1 N–H and O–H groups in total. The van der Waals surface area contributed by atoms with Gasteiger partial charge in [-0.3, -0.25) is 4.79 Å². The van der Waals surface area contributed by atoms with Crippen molar-refractivity contribution in [2.75, 3.05) is 6.26 Å². The van der Waals surface area contributed by atoms with E-state index in [1.807, 2.05) is 37.4 Å². The molecular formula is C21H23N3O4S2. The van der Waals surface area contributed by atoms with Crippen molar-refractivity contribution in [3.8, 4) is 0 Å². The topological polar surface area (TPSA) is 102 Å². The van der Waals surface area contributed by atoms with E-state index in [0.717, 1.165) is 11.1 Å². The Morgan fingerprint density at radius 3 is 2.47 bits per heavy atom. The largest absolute Gasteiger partial charge is 0.352 e. The SMILES string of the molecule is CSc1ccc(CNC(=O)CCc2nc(CS(=O)(=O)c3ccc(C)cc3)no2)cc1. The van der Waals surface area contributed by atoms with Crippen molar-refractivity contribution in [2.45, 2.75) is 41.9 Å². The molecule has 0 bridgehead atoms. The van der Waals surface area contributed by atoms with Gasteiger partial charge in [-0.25, -0.2) is 8.42 Å². The van der Waals surface area contributed by atoms with Crippen molar-refractivity contribution >= 4 is 27.5 Å². The van der Waals surface area contributed by atoms with Crippen molar-refractivity contribution < 1.29 is 17.7 Å². The van der Waals surface area contributed by atoms with Gasteiger partial charge in [0, 0.05) is 24.3 Å². The summed E-state index contributed by atoms with van der Waals surface area (Å²) < 4.78 is 30.0. The highest BCUT2D eigenvalue weighted by molar-refractivity contribution is 7.98. The third-order valence-electron chi connectivity index (χ3n) is 4.42. The van der Waals surface area contributed by atoms with Gasteiger partial charge in [0.2, 0.25) is 11.8 Å². The molecule has 3 aromatic rings. The van der Waals surface area contributed by atoms with Crippen LogP contribution < -0.4 is 5.32 Å². The highest BCUT2D eigenvalue weighted by Gasteiger charge is 2.19. The lowest BCUT2D eigenvalue weighted by molar-refractivity contribution is -0.121. The molecule has 2 aromatic carbocycles. The van der Waals surface area contributed by atoms with Gasteiger partial charge in [-0.15, -0.1) is 11.8 Å². The van der Waals surface area contributed by atoms with Crippen LogP contribution in [0.4, 0.5) is 0 Å². The zero-order valence-corrected chi connectivity index (χ0v) is 18.4. The summed E-state index contributed by atoms with van der Waals surface area (Å²) in [5.74, 6) is -0.169. The van der Waals surface area contributed by atoms with Crippen molar-refractivity contribution in [3.63, 3.8) is 0 Å². The van der Waals surface area contributed by atoms with E-state index in [1.54, 1.807) is 36.0 Å². The maximum Gasteiger partial charge on any atom is 0.227 e. The number of amides is 1. The molecule has 0 saturated carbocycles. The predicted octanol–water partition coefficient (Wildman–Crippen LogP) is 3.32. The van der Waals surface area contributed by atoms with Crippen LogP contribution in [0.25, 0.3) is 0 Å². The van der Waals surface area contributed by atoms with Gasteiger partial charge in [-0.2, -0.15) is 4.98 Å². The first-order chi connectivity index (χ1) is 14.4. The van der Waals surface area contributed by atoms with Crippen LogP contribution in [0.15, 0.2) is 62.8 Å². The lowest BCUT2D eigenvalue weighted by Gasteiger charge is -2.05. The number of sulfone groups is 1. The summed E-state index contributed by atoms with van der Waals surface area (Å²) in [4.78, 5) is 17.5. The van der Waals surface area contributed by atoms with Crippen LogP contribution in [0.2, 0.25) is 0 Å². The molecule has 30 heavy (non-hydrogen) atoms. The van der Waals surface area contributed by atoms with Crippen molar-refractivity contribution in [3.05, 3.63) is 71.4 Å². The smallest absolute Gasteiger partial charge is 0.227 e. The Hall–Kier alpha value is -2.65. The normalized spacial score (nSPS) is 11.4. The minimum absolute atomic E-state index is 0.0832. The van der Waals surface area contributed by atoms with Crippen molar-refractivity contribution in [2.24, 2.45) is 0 Å². The third kappa shape index (κ3) is 6.17. The van der Waals surface area contributed by atoms with Crippen LogP contribution in [-0.4, -0.2) is 30.7 Å². The molecule has 3 rings (SSSR count). The molecule has 0 unspecified atom stereocenters. The second-order valence-electron chi connectivity index (χ2n) is 6.80. The first-order valence-corrected chi connectivity index (χ1v) is 12.2. The number of aryl methyl sites for hydroxylation is 2. The van der Waals surface area contributed by atoms with E-state index < -0.39 is 9.84 Å². The van der Waals surface area contributed by atoms with Gasteiger partial charge >= 0.3 is 0 Å². The second-order valence-corrected chi connectivity index (χ2v) is 9.67. The lowest BCUT2D eigenvalue weighted by Crippen LogP contribution is -2.23. The Labute approximate surface area is 180 Å². The molecular weight excluding hydrogens is 422 g/mol. The van der Waals surface area contributed by atoms with Gasteiger partial charge in [-0.05, 0) is 43.0 Å². The van der Waals surface area contributed by atoms with E-state index in [4.69, 9.17) is 4.52 Å². The van der Waals surface area contributed by atoms with Crippen molar-refractivity contribution in [1.82, 2.24) is 15.5 Å². The Bertz CT molecular complexity index is 1090. The summed E-state index contributed by atoms with van der Waals surface area (Å²) in [6.07, 6.45) is 2.43. The summed E-state index contributed by atoms with van der Waals surface area (Å²) in [6.45, 7) is 2.33. The number of carbonyl (C=O) groups excluding carboxylic acids is 1. The molecule has 1 amide bonds. The van der Waals surface area contributed by atoms with Crippen LogP contribution >= 0.6 is 11.8 Å². The number of hydrogen-bond donors (Lipinski definition) is 1. The molecule has 0 aliphatic carbocycles. The summed E-state index contributed by atoms with van der Waals surface area (Å²) in [6, 6.07) is 14.6. The Morgan fingerprint density at radius 1 is 1.10 bits per heavy atom. The average Bonchev–Trinajstić information content (AvgIpc) is 3.18. The zero-order chi connectivity index (χ0) is 21.6. The molecule has 0 radical (unpaired) electrons. The number of rotatable bonds is 9. The molecule has 1 aromatic heterocycles. The molecule has 1 heterocycles. The fraction of sp³-hybridized carbons (Fsp3) is 0.286. The number of carbonyl (C=O) groups is 1. The van der Waals surface area contributed by atoms with Gasteiger partial charge in [0.05, 0.1) is 4.90 Å². The molecule has 9 heteroatoms. The highest BCUT2D eigenvalue weighted by atomic mass is 32.2. The molecule has 0 atom stereocenters. The average molecular weight is 446 g/mol. The molecule has 7 nitrogen and oxygen atoms in total. The number of thioether (sulfide) groups is 1. The molecule has 0 saturated heterocycles. The van der Waals surface area contributed by atoms with E-state index in [0.29, 0.717) is 6.54 Å². The van der Waals surface area contributed by atoms with Gasteiger partial charge in [-0.1, -0.05) is 35.0 Å². The summed E-state index contributed by atoms with van der Waals surface area (Å²) in [5.41, 5.74) is 1.99. The van der Waals surface area contributed by atoms with Crippen LogP contribution in [0.5, 0.6) is 0 Å². The van der Waals surface area contributed by atoms with Gasteiger partial charge in [0.15, 0.2) is 15.7 Å². The lowest BCUT2D eigenvalue weighted by atomic mass is 10.2. The van der Waals surface area contributed by atoms with E-state index >= 15 is 0 Å². The van der Waals surface area contributed by atoms with E-state index in [2.05, 4.69) is 15.5 Å². The highest BCUT2D eigenvalue weighted by Crippen LogP contribution is 2.16. The third-order valence-corrected chi connectivity index (χ3v) is 6.80. The number of benzene rings is 2. The summed E-state index contributed by atoms with van der Waals surface area (Å²) >= 11 is 1.66. The maximum atomic E-state index is 12.5. The van der Waals surface area contributed by atoms with E-state index in [9.17, 15) is 13.2 Å². The second kappa shape index (κ2) is 9.90. The first kappa shape index (κ1) is 22.0. The summed E-state index contributed by atoms with van der Waals surface area (Å²) in [5, 5.41) is 6.58. The maximum absolute atomic E-state index is 12.5. The number of hydrogen-bond acceptors (Lipinski definition) is 7. The fourth-order valence-corrected chi connectivity index (χ4v) is 4.28. The van der Waals surface area contributed by atoms with Crippen molar-refractivity contribution in [1.29, 1.82) is 0 Å². The molecule has 158 valence electrons. The van der Waals surface area contributed by atoms with Crippen LogP contribution in [0.1, 0.15) is 29.3 Å². The van der Waals surface area contributed by atoms with Crippen LogP contribution in [-0.2, 0) is 33.4 Å².